The fourth-order valence-corrected chi connectivity index (χ4v) is 1.31. The average Bonchev–Trinajstić information content (AvgIpc) is 2.25. The fraction of sp³-hybridized carbons (Fsp3) is 0.364. The molecule has 0 unspecified atom stereocenters. The molecule has 5 nitrogen and oxygen atoms in total. The van der Waals surface area contributed by atoms with Crippen molar-refractivity contribution in [3.05, 3.63) is 29.0 Å². The van der Waals surface area contributed by atoms with Gasteiger partial charge in [-0.1, -0.05) is 11.6 Å². The molecule has 92 valence electrons. The molecule has 1 aromatic heterocycles. The van der Waals surface area contributed by atoms with Crippen LogP contribution in [0.25, 0.3) is 0 Å². The van der Waals surface area contributed by atoms with Crippen LogP contribution in [0.1, 0.15) is 24.2 Å². The zero-order chi connectivity index (χ0) is 12.8. The lowest BCUT2D eigenvalue weighted by Gasteiger charge is -2.09. The molecule has 6 heteroatoms. The lowest BCUT2D eigenvalue weighted by atomic mass is 10.3. The highest BCUT2D eigenvalue weighted by molar-refractivity contribution is 6.32. The van der Waals surface area contributed by atoms with Gasteiger partial charge in [-0.2, -0.15) is 0 Å². The molecule has 17 heavy (non-hydrogen) atoms. The number of aromatic nitrogens is 1. The first kappa shape index (κ1) is 13.4. The lowest BCUT2D eigenvalue weighted by Crippen LogP contribution is -2.34. The molecule has 0 spiro atoms. The minimum Gasteiger partial charge on any atom is -0.452 e. The van der Waals surface area contributed by atoms with Crippen molar-refractivity contribution in [2.75, 3.05) is 6.61 Å². The van der Waals surface area contributed by atoms with Crippen molar-refractivity contribution in [2.45, 2.75) is 19.9 Å². The Balaban J connectivity index is 2.51. The molecule has 0 aromatic carbocycles. The number of carbonyl (C=O) groups is 2. The highest BCUT2D eigenvalue weighted by Gasteiger charge is 2.14. The first-order valence-corrected chi connectivity index (χ1v) is 5.45. The number of rotatable bonds is 4. The van der Waals surface area contributed by atoms with E-state index in [-0.39, 0.29) is 29.3 Å². The van der Waals surface area contributed by atoms with E-state index in [4.69, 9.17) is 16.3 Å². The lowest BCUT2D eigenvalue weighted by molar-refractivity contribution is -0.124. The van der Waals surface area contributed by atoms with Gasteiger partial charge in [0.25, 0.3) is 5.91 Å². The largest absolute Gasteiger partial charge is 0.452 e. The zero-order valence-corrected chi connectivity index (χ0v) is 10.3. The van der Waals surface area contributed by atoms with Crippen molar-refractivity contribution in [3.8, 4) is 0 Å². The summed E-state index contributed by atoms with van der Waals surface area (Å²) in [5.74, 6) is -1.02. The molecule has 1 N–H and O–H groups in total. The molecule has 0 aliphatic rings. The van der Waals surface area contributed by atoms with E-state index >= 15 is 0 Å². The molecule has 0 radical (unpaired) electrons. The second-order valence-electron chi connectivity index (χ2n) is 3.64. The Morgan fingerprint density at radius 2 is 2.24 bits per heavy atom. The number of nitrogens with one attached hydrogen (secondary N) is 1. The van der Waals surface area contributed by atoms with Crippen molar-refractivity contribution in [3.63, 3.8) is 0 Å². The van der Waals surface area contributed by atoms with Gasteiger partial charge in [-0.05, 0) is 26.0 Å². The molecule has 0 fully saturated rings. The molecule has 0 saturated carbocycles. The van der Waals surface area contributed by atoms with Crippen LogP contribution in [0.5, 0.6) is 0 Å². The second-order valence-corrected chi connectivity index (χ2v) is 4.00. The van der Waals surface area contributed by atoms with Gasteiger partial charge in [0.05, 0.1) is 5.56 Å². The van der Waals surface area contributed by atoms with E-state index in [1.807, 2.05) is 13.8 Å². The Kier molecular flexibility index (Phi) is 4.90. The van der Waals surface area contributed by atoms with Crippen LogP contribution < -0.4 is 5.32 Å². The summed E-state index contributed by atoms with van der Waals surface area (Å²) < 4.78 is 4.80. The molecule has 1 amide bonds. The van der Waals surface area contributed by atoms with Gasteiger partial charge in [-0.15, -0.1) is 0 Å². The summed E-state index contributed by atoms with van der Waals surface area (Å²) >= 11 is 5.71. The van der Waals surface area contributed by atoms with Crippen molar-refractivity contribution in [1.82, 2.24) is 10.3 Å². The summed E-state index contributed by atoms with van der Waals surface area (Å²) in [7, 11) is 0. The van der Waals surface area contributed by atoms with Gasteiger partial charge in [0.1, 0.15) is 5.15 Å². The van der Waals surface area contributed by atoms with E-state index in [1.54, 1.807) is 6.07 Å². The average molecular weight is 257 g/mol. The van der Waals surface area contributed by atoms with Crippen LogP contribution in [0, 0.1) is 0 Å². The standard InChI is InChI=1S/C11H13ClN2O3/c1-7(2)14-9(15)6-17-11(16)8-4-3-5-13-10(8)12/h3-5,7H,6H2,1-2H3,(H,14,15). The number of halogens is 1. The first-order valence-electron chi connectivity index (χ1n) is 5.07. The highest BCUT2D eigenvalue weighted by Crippen LogP contribution is 2.12. The molecule has 0 bridgehead atoms. The van der Waals surface area contributed by atoms with Gasteiger partial charge in [0.2, 0.25) is 0 Å². The monoisotopic (exact) mass is 256 g/mol. The van der Waals surface area contributed by atoms with Gasteiger partial charge in [-0.3, -0.25) is 4.79 Å². The SMILES string of the molecule is CC(C)NC(=O)COC(=O)c1cccnc1Cl. The van der Waals surface area contributed by atoms with Crippen molar-refractivity contribution < 1.29 is 14.3 Å². The number of amides is 1. The Morgan fingerprint density at radius 1 is 1.53 bits per heavy atom. The quantitative estimate of drug-likeness (QED) is 0.653. The first-order chi connectivity index (χ1) is 8.00. The molecular formula is C11H13ClN2O3. The molecule has 0 aliphatic carbocycles. The minimum absolute atomic E-state index is 0.00295. The predicted octanol–water partition coefficient (Wildman–Crippen LogP) is 1.42. The number of hydrogen-bond donors (Lipinski definition) is 1. The van der Waals surface area contributed by atoms with Crippen LogP contribution in [0.4, 0.5) is 0 Å². The van der Waals surface area contributed by atoms with E-state index in [1.165, 1.54) is 12.3 Å². The predicted molar refractivity (Wildman–Crippen MR) is 62.8 cm³/mol. The Hall–Kier alpha value is -1.62. The maximum absolute atomic E-state index is 11.5. The van der Waals surface area contributed by atoms with E-state index < -0.39 is 5.97 Å². The fourth-order valence-electron chi connectivity index (χ4n) is 1.11. The van der Waals surface area contributed by atoms with Crippen LogP contribution in [-0.2, 0) is 9.53 Å². The molecule has 1 heterocycles. The van der Waals surface area contributed by atoms with Crippen LogP contribution in [0.15, 0.2) is 18.3 Å². The molecule has 0 atom stereocenters. The Morgan fingerprint density at radius 3 is 2.82 bits per heavy atom. The van der Waals surface area contributed by atoms with Crippen LogP contribution >= 0.6 is 11.6 Å². The number of ether oxygens (including phenoxy) is 1. The summed E-state index contributed by atoms with van der Waals surface area (Å²) in [5.41, 5.74) is 0.145. The van der Waals surface area contributed by atoms with Gasteiger partial charge in [0, 0.05) is 12.2 Å². The zero-order valence-electron chi connectivity index (χ0n) is 9.57. The number of esters is 1. The van der Waals surface area contributed by atoms with Gasteiger partial charge in [0.15, 0.2) is 6.61 Å². The second kappa shape index (κ2) is 6.20. The van der Waals surface area contributed by atoms with Crippen molar-refractivity contribution in [2.24, 2.45) is 0 Å². The molecule has 0 aliphatic heterocycles. The normalized spacial score (nSPS) is 10.1. The number of hydrogen-bond acceptors (Lipinski definition) is 4. The van der Waals surface area contributed by atoms with Crippen LogP contribution in [-0.4, -0.2) is 29.5 Å². The van der Waals surface area contributed by atoms with Gasteiger partial charge >= 0.3 is 5.97 Å². The van der Waals surface area contributed by atoms with Crippen LogP contribution in [0.2, 0.25) is 5.15 Å². The van der Waals surface area contributed by atoms with E-state index in [0.717, 1.165) is 0 Å². The maximum Gasteiger partial charge on any atom is 0.341 e. The summed E-state index contributed by atoms with van der Waals surface area (Å²) in [5, 5.41) is 2.66. The third kappa shape index (κ3) is 4.40. The topological polar surface area (TPSA) is 68.3 Å². The van der Waals surface area contributed by atoms with Gasteiger partial charge in [-0.25, -0.2) is 9.78 Å². The van der Waals surface area contributed by atoms with Gasteiger partial charge < -0.3 is 10.1 Å². The molecular weight excluding hydrogens is 244 g/mol. The smallest absolute Gasteiger partial charge is 0.341 e. The third-order valence-electron chi connectivity index (χ3n) is 1.76. The summed E-state index contributed by atoms with van der Waals surface area (Å²) in [4.78, 5) is 26.5. The number of nitrogens with zero attached hydrogens (tertiary/aromatic N) is 1. The maximum atomic E-state index is 11.5. The van der Waals surface area contributed by atoms with Crippen LogP contribution in [0.3, 0.4) is 0 Å². The van der Waals surface area contributed by atoms with E-state index in [0.29, 0.717) is 0 Å². The minimum atomic E-state index is -0.665. The number of carbonyl (C=O) groups excluding carboxylic acids is 2. The third-order valence-corrected chi connectivity index (χ3v) is 2.06. The summed E-state index contributed by atoms with van der Waals surface area (Å²) in [6.07, 6.45) is 1.46. The molecule has 1 aromatic rings. The summed E-state index contributed by atoms with van der Waals surface area (Å²) in [6, 6.07) is 3.05. The number of pyridine rings is 1. The van der Waals surface area contributed by atoms with Crippen molar-refractivity contribution in [1.29, 1.82) is 0 Å². The molecule has 1 rings (SSSR count). The molecule has 0 saturated heterocycles. The van der Waals surface area contributed by atoms with E-state index in [9.17, 15) is 9.59 Å². The van der Waals surface area contributed by atoms with Crippen molar-refractivity contribution >= 4 is 23.5 Å². The highest BCUT2D eigenvalue weighted by atomic mass is 35.5. The Bertz CT molecular complexity index is 421. The van der Waals surface area contributed by atoms with E-state index in [2.05, 4.69) is 10.3 Å². The Labute approximate surface area is 104 Å². The summed E-state index contributed by atoms with van der Waals surface area (Å²) in [6.45, 7) is 3.30.